The highest BCUT2D eigenvalue weighted by atomic mass is 32.2. The number of rotatable bonds is 12. The lowest BCUT2D eigenvalue weighted by Crippen LogP contribution is -2.53. The van der Waals surface area contributed by atoms with Crippen molar-refractivity contribution in [1.82, 2.24) is 10.2 Å². The van der Waals surface area contributed by atoms with E-state index in [0.717, 1.165) is 36.1 Å². The van der Waals surface area contributed by atoms with Crippen LogP contribution >= 0.6 is 0 Å². The molecule has 0 heterocycles. The largest absolute Gasteiger partial charge is 0.352 e. The second-order valence-corrected chi connectivity index (χ2v) is 12.0. The Morgan fingerprint density at radius 2 is 1.69 bits per heavy atom. The number of nitro groups is 1. The monoisotopic (exact) mass is 596 g/mol. The maximum Gasteiger partial charge on any atom is 0.271 e. The minimum Gasteiger partial charge on any atom is -0.352 e. The molecule has 0 radical (unpaired) electrons. The van der Waals surface area contributed by atoms with Crippen LogP contribution in [-0.2, 0) is 26.2 Å². The molecule has 4 rings (SSSR count). The van der Waals surface area contributed by atoms with Crippen molar-refractivity contribution in [3.8, 4) is 0 Å². The number of anilines is 1. The predicted molar refractivity (Wildman–Crippen MR) is 155 cm³/mol. The van der Waals surface area contributed by atoms with Gasteiger partial charge in [-0.2, -0.15) is 0 Å². The zero-order valence-corrected chi connectivity index (χ0v) is 24.0. The number of nitro benzene ring substituents is 1. The molecule has 1 unspecified atom stereocenters. The van der Waals surface area contributed by atoms with E-state index in [2.05, 4.69) is 5.32 Å². The molecule has 2 amide bonds. The average Bonchev–Trinajstić information content (AvgIpc) is 3.50. The van der Waals surface area contributed by atoms with Crippen molar-refractivity contribution >= 4 is 33.2 Å². The van der Waals surface area contributed by atoms with Gasteiger partial charge in [-0.15, -0.1) is 0 Å². The van der Waals surface area contributed by atoms with Crippen molar-refractivity contribution < 1.29 is 27.3 Å². The van der Waals surface area contributed by atoms with E-state index >= 15 is 0 Å². The first kappa shape index (κ1) is 30.6. The summed E-state index contributed by atoms with van der Waals surface area (Å²) in [6, 6.07) is 17.0. The third kappa shape index (κ3) is 7.30. The van der Waals surface area contributed by atoms with Gasteiger partial charge in [-0.1, -0.05) is 56.2 Å². The van der Waals surface area contributed by atoms with Crippen LogP contribution in [0.5, 0.6) is 0 Å². The van der Waals surface area contributed by atoms with Crippen LogP contribution in [0.2, 0.25) is 0 Å². The molecular formula is C30H33FN4O6S. The Balaban J connectivity index is 1.73. The predicted octanol–water partition coefficient (Wildman–Crippen LogP) is 4.80. The molecule has 10 nitrogen and oxygen atoms in total. The van der Waals surface area contributed by atoms with Crippen LogP contribution in [-0.4, -0.2) is 48.7 Å². The minimum atomic E-state index is -4.36. The Morgan fingerprint density at radius 3 is 2.31 bits per heavy atom. The van der Waals surface area contributed by atoms with Crippen molar-refractivity contribution in [2.24, 2.45) is 0 Å². The molecule has 1 saturated carbocycles. The normalized spacial score (nSPS) is 14.2. The fourth-order valence-corrected chi connectivity index (χ4v) is 6.51. The molecule has 1 fully saturated rings. The molecule has 1 atom stereocenters. The van der Waals surface area contributed by atoms with E-state index in [0.29, 0.717) is 5.56 Å². The lowest BCUT2D eigenvalue weighted by Gasteiger charge is -2.33. The molecule has 222 valence electrons. The second-order valence-electron chi connectivity index (χ2n) is 10.2. The van der Waals surface area contributed by atoms with Crippen molar-refractivity contribution in [2.45, 2.75) is 62.6 Å². The van der Waals surface area contributed by atoms with Crippen molar-refractivity contribution in [3.63, 3.8) is 0 Å². The Morgan fingerprint density at radius 1 is 1.02 bits per heavy atom. The van der Waals surface area contributed by atoms with E-state index in [1.165, 1.54) is 71.6 Å². The van der Waals surface area contributed by atoms with E-state index in [1.54, 1.807) is 13.0 Å². The zero-order chi connectivity index (χ0) is 30.3. The Bertz CT molecular complexity index is 1510. The molecule has 3 aromatic rings. The van der Waals surface area contributed by atoms with Gasteiger partial charge >= 0.3 is 0 Å². The summed E-state index contributed by atoms with van der Waals surface area (Å²) in [5.74, 6) is -1.51. The summed E-state index contributed by atoms with van der Waals surface area (Å²) in [6.45, 7) is 0.944. The van der Waals surface area contributed by atoms with Gasteiger partial charge in [0.15, 0.2) is 0 Å². The second kappa shape index (κ2) is 13.6. The number of amides is 2. The quantitative estimate of drug-likeness (QED) is 0.236. The summed E-state index contributed by atoms with van der Waals surface area (Å²) in [6.07, 6.45) is 3.91. The minimum absolute atomic E-state index is 0.00542. The van der Waals surface area contributed by atoms with Gasteiger partial charge in [0.05, 0.1) is 15.5 Å². The maximum atomic E-state index is 14.1. The summed E-state index contributed by atoms with van der Waals surface area (Å²) in [5.41, 5.74) is 0.120. The van der Waals surface area contributed by atoms with Crippen molar-refractivity contribution in [1.29, 1.82) is 0 Å². The molecule has 0 saturated heterocycles. The lowest BCUT2D eigenvalue weighted by molar-refractivity contribution is -0.384. The summed E-state index contributed by atoms with van der Waals surface area (Å²) in [7, 11) is -4.36. The summed E-state index contributed by atoms with van der Waals surface area (Å²) in [4.78, 5) is 39.5. The molecular weight excluding hydrogens is 563 g/mol. The van der Waals surface area contributed by atoms with Gasteiger partial charge in [-0.3, -0.25) is 24.0 Å². The van der Waals surface area contributed by atoms with Crippen molar-refractivity contribution in [2.75, 3.05) is 10.8 Å². The number of carbonyl (C=O) groups excluding carboxylic acids is 2. The SMILES string of the molecule is CCC(C(=O)NC1CCCC1)N(Cc1ccc(F)cc1)C(=O)CN(c1cccc([N+](=O)[O-])c1)S(=O)(=O)c1ccccc1. The molecule has 1 aliphatic carbocycles. The van der Waals surface area contributed by atoms with E-state index < -0.39 is 39.3 Å². The number of non-ortho nitro benzene ring substituents is 1. The highest BCUT2D eigenvalue weighted by Gasteiger charge is 2.35. The molecule has 1 N–H and O–H groups in total. The van der Waals surface area contributed by atoms with Crippen LogP contribution in [0.25, 0.3) is 0 Å². The Kier molecular flexibility index (Phi) is 9.89. The first-order valence-corrected chi connectivity index (χ1v) is 15.2. The highest BCUT2D eigenvalue weighted by molar-refractivity contribution is 7.92. The van der Waals surface area contributed by atoms with Crippen molar-refractivity contribution in [3.05, 3.63) is 100 Å². The maximum absolute atomic E-state index is 14.1. The highest BCUT2D eigenvalue weighted by Crippen LogP contribution is 2.28. The van der Waals surface area contributed by atoms with Gasteiger partial charge in [0.25, 0.3) is 15.7 Å². The molecule has 0 spiro atoms. The number of sulfonamides is 1. The molecule has 0 aromatic heterocycles. The number of hydrogen-bond donors (Lipinski definition) is 1. The number of hydrogen-bond acceptors (Lipinski definition) is 6. The van der Waals surface area contributed by atoms with Gasteiger partial charge in [0.1, 0.15) is 18.4 Å². The molecule has 12 heteroatoms. The first-order chi connectivity index (χ1) is 20.1. The Hall–Kier alpha value is -4.32. The topological polar surface area (TPSA) is 130 Å². The summed E-state index contributed by atoms with van der Waals surface area (Å²) < 4.78 is 42.1. The summed E-state index contributed by atoms with van der Waals surface area (Å²) >= 11 is 0. The number of carbonyl (C=O) groups is 2. The van der Waals surface area contributed by atoms with Crippen LogP contribution < -0.4 is 9.62 Å². The van der Waals surface area contributed by atoms with E-state index in [1.807, 2.05) is 0 Å². The molecule has 1 aliphatic rings. The smallest absolute Gasteiger partial charge is 0.271 e. The molecule has 42 heavy (non-hydrogen) atoms. The fraction of sp³-hybridized carbons (Fsp3) is 0.333. The lowest BCUT2D eigenvalue weighted by atomic mass is 10.1. The molecule has 0 aliphatic heterocycles. The number of nitrogens with zero attached hydrogens (tertiary/aromatic N) is 3. The van der Waals surface area contributed by atoms with E-state index in [9.17, 15) is 32.5 Å². The average molecular weight is 597 g/mol. The number of nitrogens with one attached hydrogen (secondary N) is 1. The molecule has 0 bridgehead atoms. The third-order valence-electron chi connectivity index (χ3n) is 7.29. The van der Waals surface area contributed by atoms with Gasteiger partial charge in [0, 0.05) is 24.7 Å². The first-order valence-electron chi connectivity index (χ1n) is 13.8. The zero-order valence-electron chi connectivity index (χ0n) is 23.2. The van der Waals surface area contributed by atoms with Crippen LogP contribution in [0.15, 0.2) is 83.8 Å². The van der Waals surface area contributed by atoms with Gasteiger partial charge in [0.2, 0.25) is 11.8 Å². The van der Waals surface area contributed by atoms with Gasteiger partial charge in [-0.05, 0) is 55.2 Å². The number of halogens is 1. The van der Waals surface area contributed by atoms with E-state index in [4.69, 9.17) is 0 Å². The van der Waals surface area contributed by atoms with Crippen LogP contribution in [0.3, 0.4) is 0 Å². The third-order valence-corrected chi connectivity index (χ3v) is 9.08. The van der Waals surface area contributed by atoms with Crippen LogP contribution in [0.1, 0.15) is 44.6 Å². The van der Waals surface area contributed by atoms with Gasteiger partial charge in [-0.25, -0.2) is 12.8 Å². The Labute approximate surface area is 244 Å². The fourth-order valence-electron chi connectivity index (χ4n) is 5.08. The molecule has 3 aromatic carbocycles. The van der Waals surface area contributed by atoms with E-state index in [-0.39, 0.29) is 41.2 Å². The standard InChI is InChI=1S/C30H33FN4O6S/c1-2-28(30(37)32-24-9-6-7-10-24)33(20-22-15-17-23(31)18-16-22)29(36)21-34(25-11-8-12-26(19-25)35(38)39)42(40,41)27-13-4-3-5-14-27/h3-5,8,11-19,24,28H,2,6-7,9-10,20-21H2,1H3,(H,32,37). The van der Waals surface area contributed by atoms with Crippen LogP contribution in [0.4, 0.5) is 15.8 Å². The van der Waals surface area contributed by atoms with Gasteiger partial charge < -0.3 is 10.2 Å². The van der Waals surface area contributed by atoms with Crippen LogP contribution in [0, 0.1) is 15.9 Å². The number of benzene rings is 3. The summed E-state index contributed by atoms with van der Waals surface area (Å²) in [5, 5.41) is 14.5.